The SMILES string of the molecule is CCn1cc(-c2ccc(CN)s2)cn1. The second kappa shape index (κ2) is 3.94. The first-order chi connectivity index (χ1) is 6.83. The number of hydrogen-bond acceptors (Lipinski definition) is 3. The van der Waals surface area contributed by atoms with Crippen molar-refractivity contribution in [3.63, 3.8) is 0 Å². The average molecular weight is 207 g/mol. The molecule has 2 N–H and O–H groups in total. The van der Waals surface area contributed by atoms with Gasteiger partial charge in [0.25, 0.3) is 0 Å². The third-order valence-corrected chi connectivity index (χ3v) is 3.26. The van der Waals surface area contributed by atoms with Crippen LogP contribution in [-0.4, -0.2) is 9.78 Å². The van der Waals surface area contributed by atoms with E-state index in [1.807, 2.05) is 10.9 Å². The van der Waals surface area contributed by atoms with Gasteiger partial charge in [0.1, 0.15) is 0 Å². The Morgan fingerprint density at radius 3 is 2.93 bits per heavy atom. The van der Waals surface area contributed by atoms with Crippen LogP contribution in [-0.2, 0) is 13.1 Å². The summed E-state index contributed by atoms with van der Waals surface area (Å²) in [5, 5.41) is 4.24. The Morgan fingerprint density at radius 1 is 1.50 bits per heavy atom. The van der Waals surface area contributed by atoms with E-state index in [1.165, 1.54) is 15.3 Å². The Bertz CT molecular complexity index is 376. The summed E-state index contributed by atoms with van der Waals surface area (Å²) >= 11 is 1.73. The van der Waals surface area contributed by atoms with Gasteiger partial charge in [-0.05, 0) is 19.1 Å². The lowest BCUT2D eigenvalue weighted by atomic mass is 10.3. The van der Waals surface area contributed by atoms with Gasteiger partial charge in [-0.15, -0.1) is 11.3 Å². The number of thiophene rings is 1. The number of rotatable bonds is 3. The fourth-order valence-electron chi connectivity index (χ4n) is 1.31. The first-order valence-electron chi connectivity index (χ1n) is 4.65. The van der Waals surface area contributed by atoms with E-state index >= 15 is 0 Å². The molecule has 0 spiro atoms. The van der Waals surface area contributed by atoms with Gasteiger partial charge in [-0.25, -0.2) is 0 Å². The van der Waals surface area contributed by atoms with Crippen molar-refractivity contribution in [3.8, 4) is 10.4 Å². The number of hydrogen-bond donors (Lipinski definition) is 1. The minimum absolute atomic E-state index is 0.618. The molecule has 0 amide bonds. The van der Waals surface area contributed by atoms with Gasteiger partial charge in [0, 0.05) is 34.6 Å². The molecule has 0 saturated carbocycles. The fraction of sp³-hybridized carbons (Fsp3) is 0.300. The summed E-state index contributed by atoms with van der Waals surface area (Å²) in [7, 11) is 0. The molecule has 0 aromatic carbocycles. The van der Waals surface area contributed by atoms with Gasteiger partial charge in [-0.3, -0.25) is 4.68 Å². The van der Waals surface area contributed by atoms with Crippen LogP contribution in [0, 0.1) is 0 Å². The summed E-state index contributed by atoms with van der Waals surface area (Å²) in [5.41, 5.74) is 6.74. The van der Waals surface area contributed by atoms with E-state index in [4.69, 9.17) is 5.73 Å². The molecule has 0 unspecified atom stereocenters. The monoisotopic (exact) mass is 207 g/mol. The third kappa shape index (κ3) is 1.71. The predicted molar refractivity (Wildman–Crippen MR) is 59.1 cm³/mol. The summed E-state index contributed by atoms with van der Waals surface area (Å²) in [5.74, 6) is 0. The first-order valence-corrected chi connectivity index (χ1v) is 5.46. The predicted octanol–water partition coefficient (Wildman–Crippen LogP) is 2.09. The van der Waals surface area contributed by atoms with Crippen LogP contribution in [0.1, 0.15) is 11.8 Å². The third-order valence-electron chi connectivity index (χ3n) is 2.10. The summed E-state index contributed by atoms with van der Waals surface area (Å²) < 4.78 is 1.93. The van der Waals surface area contributed by atoms with E-state index < -0.39 is 0 Å². The minimum atomic E-state index is 0.618. The molecule has 2 aromatic heterocycles. The lowest BCUT2D eigenvalue weighted by Gasteiger charge is -1.91. The number of nitrogens with two attached hydrogens (primary N) is 1. The van der Waals surface area contributed by atoms with Gasteiger partial charge >= 0.3 is 0 Å². The molecule has 0 fully saturated rings. The molecule has 2 rings (SSSR count). The molecule has 0 atom stereocenters. The van der Waals surface area contributed by atoms with E-state index in [0.29, 0.717) is 6.54 Å². The highest BCUT2D eigenvalue weighted by atomic mass is 32.1. The molecule has 14 heavy (non-hydrogen) atoms. The van der Waals surface area contributed by atoms with Crippen molar-refractivity contribution in [1.29, 1.82) is 0 Å². The van der Waals surface area contributed by atoms with Crippen LogP contribution in [0.4, 0.5) is 0 Å². The average Bonchev–Trinajstić information content (AvgIpc) is 2.86. The molecule has 2 aromatic rings. The highest BCUT2D eigenvalue weighted by molar-refractivity contribution is 7.15. The number of aryl methyl sites for hydroxylation is 1. The van der Waals surface area contributed by atoms with Crippen molar-refractivity contribution in [2.75, 3.05) is 0 Å². The van der Waals surface area contributed by atoms with Crippen LogP contribution >= 0.6 is 11.3 Å². The molecule has 2 heterocycles. The van der Waals surface area contributed by atoms with E-state index in [2.05, 4.69) is 30.4 Å². The van der Waals surface area contributed by atoms with Crippen molar-refractivity contribution in [2.24, 2.45) is 5.73 Å². The summed E-state index contributed by atoms with van der Waals surface area (Å²) in [4.78, 5) is 2.45. The normalized spacial score (nSPS) is 10.7. The Labute approximate surface area is 87.2 Å². The molecular weight excluding hydrogens is 194 g/mol. The van der Waals surface area contributed by atoms with Crippen molar-refractivity contribution >= 4 is 11.3 Å². The van der Waals surface area contributed by atoms with Crippen molar-refractivity contribution < 1.29 is 0 Å². The van der Waals surface area contributed by atoms with Crippen LogP contribution < -0.4 is 5.73 Å². The maximum Gasteiger partial charge on any atom is 0.0576 e. The van der Waals surface area contributed by atoms with E-state index in [1.54, 1.807) is 11.3 Å². The molecule has 4 heteroatoms. The van der Waals surface area contributed by atoms with E-state index in [0.717, 1.165) is 6.54 Å². The molecule has 0 saturated heterocycles. The Hall–Kier alpha value is -1.13. The molecule has 0 aliphatic rings. The highest BCUT2D eigenvalue weighted by Gasteiger charge is 2.03. The zero-order chi connectivity index (χ0) is 9.97. The molecular formula is C10H13N3S. The maximum absolute atomic E-state index is 5.56. The van der Waals surface area contributed by atoms with E-state index in [-0.39, 0.29) is 0 Å². The van der Waals surface area contributed by atoms with Crippen LogP contribution in [0.25, 0.3) is 10.4 Å². The van der Waals surface area contributed by atoms with Gasteiger partial charge in [0.15, 0.2) is 0 Å². The smallest absolute Gasteiger partial charge is 0.0576 e. The number of nitrogens with zero attached hydrogens (tertiary/aromatic N) is 2. The molecule has 0 radical (unpaired) electrons. The summed E-state index contributed by atoms with van der Waals surface area (Å²) in [6.45, 7) is 3.61. The zero-order valence-electron chi connectivity index (χ0n) is 8.10. The van der Waals surface area contributed by atoms with Crippen molar-refractivity contribution in [2.45, 2.75) is 20.0 Å². The molecule has 0 aliphatic heterocycles. The topological polar surface area (TPSA) is 43.8 Å². The van der Waals surface area contributed by atoms with Gasteiger partial charge in [-0.1, -0.05) is 0 Å². The van der Waals surface area contributed by atoms with Gasteiger partial charge in [0.05, 0.1) is 6.20 Å². The number of aromatic nitrogens is 2. The zero-order valence-corrected chi connectivity index (χ0v) is 8.92. The van der Waals surface area contributed by atoms with Gasteiger partial charge in [0.2, 0.25) is 0 Å². The summed E-state index contributed by atoms with van der Waals surface area (Å²) in [6.07, 6.45) is 3.96. The fourth-order valence-corrected chi connectivity index (χ4v) is 2.17. The standard InChI is InChI=1S/C10H13N3S/c1-2-13-7-8(6-12-13)10-4-3-9(5-11)14-10/h3-4,6-7H,2,5,11H2,1H3. The highest BCUT2D eigenvalue weighted by Crippen LogP contribution is 2.27. The second-order valence-electron chi connectivity index (χ2n) is 3.05. The minimum Gasteiger partial charge on any atom is -0.326 e. The van der Waals surface area contributed by atoms with Crippen molar-refractivity contribution in [3.05, 3.63) is 29.4 Å². The second-order valence-corrected chi connectivity index (χ2v) is 4.22. The van der Waals surface area contributed by atoms with E-state index in [9.17, 15) is 0 Å². The molecule has 74 valence electrons. The van der Waals surface area contributed by atoms with Crippen LogP contribution in [0.3, 0.4) is 0 Å². The quantitative estimate of drug-likeness (QED) is 0.837. The van der Waals surface area contributed by atoms with Gasteiger partial charge < -0.3 is 5.73 Å². The molecule has 3 nitrogen and oxygen atoms in total. The molecule has 0 bridgehead atoms. The lowest BCUT2D eigenvalue weighted by molar-refractivity contribution is 0.660. The molecule has 0 aliphatic carbocycles. The summed E-state index contributed by atoms with van der Waals surface area (Å²) in [6, 6.07) is 4.17. The lowest BCUT2D eigenvalue weighted by Crippen LogP contribution is -1.91. The first kappa shape index (κ1) is 9.43. The largest absolute Gasteiger partial charge is 0.326 e. The Kier molecular flexibility index (Phi) is 2.65. The van der Waals surface area contributed by atoms with Crippen LogP contribution in [0.15, 0.2) is 24.5 Å². The van der Waals surface area contributed by atoms with Crippen molar-refractivity contribution in [1.82, 2.24) is 9.78 Å². The van der Waals surface area contributed by atoms with Crippen LogP contribution in [0.5, 0.6) is 0 Å². The maximum atomic E-state index is 5.56. The Morgan fingerprint density at radius 2 is 2.36 bits per heavy atom. The van der Waals surface area contributed by atoms with Crippen LogP contribution in [0.2, 0.25) is 0 Å². The van der Waals surface area contributed by atoms with Gasteiger partial charge in [-0.2, -0.15) is 5.10 Å². The Balaban J connectivity index is 2.29.